The summed E-state index contributed by atoms with van der Waals surface area (Å²) in [6.07, 6.45) is 3.07. The zero-order chi connectivity index (χ0) is 8.77. The fourth-order valence-electron chi connectivity index (χ4n) is 2.10. The Hall–Kier alpha value is -0.0800. The van der Waals surface area contributed by atoms with Gasteiger partial charge >= 0.3 is 0 Å². The van der Waals surface area contributed by atoms with E-state index in [4.69, 9.17) is 4.74 Å². The van der Waals surface area contributed by atoms with Gasteiger partial charge in [-0.15, -0.1) is 0 Å². The third-order valence-electron chi connectivity index (χ3n) is 3.32. The molecule has 1 aliphatic heterocycles. The predicted octanol–water partition coefficient (Wildman–Crippen LogP) is 1.57. The van der Waals surface area contributed by atoms with Crippen molar-refractivity contribution in [2.24, 2.45) is 11.8 Å². The molecular formula is C10H18O2. The summed E-state index contributed by atoms with van der Waals surface area (Å²) >= 11 is 0. The monoisotopic (exact) mass is 170 g/mol. The van der Waals surface area contributed by atoms with Gasteiger partial charge < -0.3 is 9.84 Å². The fourth-order valence-corrected chi connectivity index (χ4v) is 2.10. The van der Waals surface area contributed by atoms with Crippen LogP contribution in [0.2, 0.25) is 0 Å². The lowest BCUT2D eigenvalue weighted by Crippen LogP contribution is -2.40. The second kappa shape index (κ2) is 2.71. The van der Waals surface area contributed by atoms with Crippen molar-refractivity contribution >= 4 is 0 Å². The molecule has 1 saturated carbocycles. The maximum Gasteiger partial charge on any atom is 0.0709 e. The summed E-state index contributed by atoms with van der Waals surface area (Å²) in [4.78, 5) is 0. The van der Waals surface area contributed by atoms with Gasteiger partial charge in [0.1, 0.15) is 0 Å². The van der Waals surface area contributed by atoms with Gasteiger partial charge in [-0.25, -0.2) is 0 Å². The number of aliphatic hydroxyl groups is 1. The summed E-state index contributed by atoms with van der Waals surface area (Å²) in [6, 6.07) is 0. The van der Waals surface area contributed by atoms with Crippen molar-refractivity contribution in [3.63, 3.8) is 0 Å². The molecule has 1 unspecified atom stereocenters. The molecule has 2 aliphatic rings. The van der Waals surface area contributed by atoms with E-state index < -0.39 is 0 Å². The van der Waals surface area contributed by atoms with E-state index in [9.17, 15) is 5.11 Å². The second-order valence-corrected chi connectivity index (χ2v) is 4.67. The minimum absolute atomic E-state index is 0.116. The normalized spacial score (nSPS) is 39.0. The Morgan fingerprint density at radius 3 is 2.50 bits per heavy atom. The molecule has 0 aromatic rings. The molecule has 0 amide bonds. The molecule has 12 heavy (non-hydrogen) atoms. The topological polar surface area (TPSA) is 29.5 Å². The first-order valence-electron chi connectivity index (χ1n) is 4.95. The molecule has 1 aliphatic carbocycles. The molecule has 2 heteroatoms. The lowest BCUT2D eigenvalue weighted by atomic mass is 9.85. The van der Waals surface area contributed by atoms with Crippen molar-refractivity contribution in [1.82, 2.24) is 0 Å². The van der Waals surface area contributed by atoms with Crippen LogP contribution in [0.5, 0.6) is 0 Å². The average Bonchev–Trinajstić information content (AvgIpc) is 2.68. The van der Waals surface area contributed by atoms with Crippen LogP contribution in [-0.2, 0) is 4.74 Å². The van der Waals surface area contributed by atoms with Gasteiger partial charge in [0.15, 0.2) is 0 Å². The SMILES string of the molecule is CC(C)C1COC2(CC2)C[C@H]1O. The van der Waals surface area contributed by atoms with E-state index in [2.05, 4.69) is 13.8 Å². The Balaban J connectivity index is 1.95. The molecule has 0 bridgehead atoms. The number of hydrogen-bond donors (Lipinski definition) is 1. The largest absolute Gasteiger partial charge is 0.393 e. The van der Waals surface area contributed by atoms with Crippen LogP contribution in [0.3, 0.4) is 0 Å². The minimum Gasteiger partial charge on any atom is -0.393 e. The summed E-state index contributed by atoms with van der Waals surface area (Å²) in [5.41, 5.74) is 0.116. The number of hydrogen-bond acceptors (Lipinski definition) is 2. The van der Waals surface area contributed by atoms with Gasteiger partial charge in [-0.1, -0.05) is 13.8 Å². The van der Waals surface area contributed by atoms with Gasteiger partial charge in [0.2, 0.25) is 0 Å². The number of rotatable bonds is 1. The minimum atomic E-state index is -0.124. The number of aliphatic hydroxyl groups excluding tert-OH is 1. The van der Waals surface area contributed by atoms with Crippen molar-refractivity contribution < 1.29 is 9.84 Å². The Bertz CT molecular complexity index is 173. The number of ether oxygens (including phenoxy) is 1. The highest BCUT2D eigenvalue weighted by molar-refractivity contribution is 5.01. The summed E-state index contributed by atoms with van der Waals surface area (Å²) < 4.78 is 5.76. The van der Waals surface area contributed by atoms with Gasteiger partial charge in [0.25, 0.3) is 0 Å². The Labute approximate surface area is 73.9 Å². The van der Waals surface area contributed by atoms with Crippen LogP contribution in [-0.4, -0.2) is 23.4 Å². The molecule has 1 heterocycles. The van der Waals surface area contributed by atoms with E-state index in [0.29, 0.717) is 11.8 Å². The summed E-state index contributed by atoms with van der Waals surface area (Å²) in [5.74, 6) is 0.896. The molecule has 2 fully saturated rings. The highest BCUT2D eigenvalue weighted by Crippen LogP contribution is 2.48. The highest BCUT2D eigenvalue weighted by Gasteiger charge is 2.50. The molecule has 1 N–H and O–H groups in total. The fraction of sp³-hybridized carbons (Fsp3) is 1.00. The molecule has 0 aromatic carbocycles. The molecular weight excluding hydrogens is 152 g/mol. The van der Waals surface area contributed by atoms with Crippen molar-refractivity contribution in [3.8, 4) is 0 Å². The summed E-state index contributed by atoms with van der Waals surface area (Å²) in [6.45, 7) is 5.07. The molecule has 2 atom stereocenters. The third-order valence-corrected chi connectivity index (χ3v) is 3.32. The molecule has 0 aromatic heterocycles. The molecule has 1 spiro atoms. The first kappa shape index (κ1) is 8.52. The van der Waals surface area contributed by atoms with E-state index in [0.717, 1.165) is 25.9 Å². The van der Waals surface area contributed by atoms with Gasteiger partial charge in [0.05, 0.1) is 18.3 Å². The predicted molar refractivity (Wildman–Crippen MR) is 46.9 cm³/mol. The van der Waals surface area contributed by atoms with Crippen LogP contribution in [0.15, 0.2) is 0 Å². The first-order chi connectivity index (χ1) is 5.63. The molecule has 2 rings (SSSR count). The summed E-state index contributed by atoms with van der Waals surface area (Å²) in [7, 11) is 0. The third kappa shape index (κ3) is 1.38. The summed E-state index contributed by atoms with van der Waals surface area (Å²) in [5, 5.41) is 9.83. The quantitative estimate of drug-likeness (QED) is 0.647. The first-order valence-corrected chi connectivity index (χ1v) is 4.95. The van der Waals surface area contributed by atoms with E-state index in [1.807, 2.05) is 0 Å². The van der Waals surface area contributed by atoms with E-state index in [1.165, 1.54) is 0 Å². The zero-order valence-electron chi connectivity index (χ0n) is 7.92. The highest BCUT2D eigenvalue weighted by atomic mass is 16.5. The average molecular weight is 170 g/mol. The lowest BCUT2D eigenvalue weighted by Gasteiger charge is -2.35. The molecule has 1 saturated heterocycles. The van der Waals surface area contributed by atoms with E-state index in [-0.39, 0.29) is 11.7 Å². The lowest BCUT2D eigenvalue weighted by molar-refractivity contribution is -0.109. The van der Waals surface area contributed by atoms with Crippen LogP contribution in [0.1, 0.15) is 33.1 Å². The van der Waals surface area contributed by atoms with Gasteiger partial charge in [-0.3, -0.25) is 0 Å². The Morgan fingerprint density at radius 2 is 2.08 bits per heavy atom. The van der Waals surface area contributed by atoms with E-state index >= 15 is 0 Å². The van der Waals surface area contributed by atoms with E-state index in [1.54, 1.807) is 0 Å². The van der Waals surface area contributed by atoms with Crippen LogP contribution in [0.4, 0.5) is 0 Å². The van der Waals surface area contributed by atoms with Crippen LogP contribution in [0, 0.1) is 11.8 Å². The van der Waals surface area contributed by atoms with Crippen LogP contribution in [0.25, 0.3) is 0 Å². The smallest absolute Gasteiger partial charge is 0.0709 e. The standard InChI is InChI=1S/C10H18O2/c1-7(2)8-6-12-10(3-4-10)5-9(8)11/h7-9,11H,3-6H2,1-2H3/t8?,9-/m1/s1. The molecule has 0 radical (unpaired) electrons. The Morgan fingerprint density at radius 1 is 1.42 bits per heavy atom. The van der Waals surface area contributed by atoms with Crippen molar-refractivity contribution in [1.29, 1.82) is 0 Å². The zero-order valence-corrected chi connectivity index (χ0v) is 7.92. The van der Waals surface area contributed by atoms with Crippen molar-refractivity contribution in [2.75, 3.05) is 6.61 Å². The second-order valence-electron chi connectivity index (χ2n) is 4.67. The van der Waals surface area contributed by atoms with Gasteiger partial charge in [-0.2, -0.15) is 0 Å². The maximum atomic E-state index is 9.83. The van der Waals surface area contributed by atoms with Crippen molar-refractivity contribution in [2.45, 2.75) is 44.8 Å². The van der Waals surface area contributed by atoms with Crippen molar-refractivity contribution in [3.05, 3.63) is 0 Å². The maximum absolute atomic E-state index is 9.83. The molecule has 2 nitrogen and oxygen atoms in total. The van der Waals surface area contributed by atoms with Crippen LogP contribution < -0.4 is 0 Å². The molecule has 70 valence electrons. The van der Waals surface area contributed by atoms with Gasteiger partial charge in [-0.05, 0) is 18.8 Å². The van der Waals surface area contributed by atoms with Crippen LogP contribution >= 0.6 is 0 Å². The van der Waals surface area contributed by atoms with Gasteiger partial charge in [0, 0.05) is 12.3 Å². The Kier molecular flexibility index (Phi) is 1.92.